The molecule has 0 saturated heterocycles. The predicted octanol–water partition coefficient (Wildman–Crippen LogP) is 3.18. The molecule has 0 saturated carbocycles. The minimum atomic E-state index is 0.843. The highest BCUT2D eigenvalue weighted by molar-refractivity contribution is 4.87. The largest absolute Gasteiger partial charge is 0.473 e. The predicted molar refractivity (Wildman–Crippen MR) is 49.0 cm³/mol. The molecule has 0 radical (unpaired) electrons. The Bertz CT molecular complexity index is 136. The van der Waals surface area contributed by atoms with Crippen molar-refractivity contribution in [1.29, 1.82) is 0 Å². The van der Waals surface area contributed by atoms with E-state index in [-0.39, 0.29) is 0 Å². The third kappa shape index (κ3) is 8.76. The highest BCUT2D eigenvalue weighted by Crippen LogP contribution is 1.88. The van der Waals surface area contributed by atoms with Gasteiger partial charge < -0.3 is 4.74 Å². The van der Waals surface area contributed by atoms with Crippen LogP contribution in [0.1, 0.15) is 12.8 Å². The molecule has 0 rings (SSSR count). The van der Waals surface area contributed by atoms with E-state index >= 15 is 0 Å². The Morgan fingerprint density at radius 3 is 1.73 bits per heavy atom. The van der Waals surface area contributed by atoms with Crippen molar-refractivity contribution in [2.45, 2.75) is 12.8 Å². The summed E-state index contributed by atoms with van der Waals surface area (Å²) >= 11 is 0. The molecule has 0 N–H and O–H groups in total. The Morgan fingerprint density at radius 2 is 1.36 bits per heavy atom. The summed E-state index contributed by atoms with van der Waals surface area (Å²) in [6, 6.07) is 0. The smallest absolute Gasteiger partial charge is 0.0864 e. The second-order valence-electron chi connectivity index (χ2n) is 1.93. The Balaban J connectivity index is 3.24. The average molecular weight is 150 g/mol. The van der Waals surface area contributed by atoms with Gasteiger partial charge in [-0.2, -0.15) is 0 Å². The molecule has 0 fully saturated rings. The van der Waals surface area contributed by atoms with E-state index in [1.54, 1.807) is 12.5 Å². The summed E-state index contributed by atoms with van der Waals surface area (Å²) in [4.78, 5) is 0. The second kappa shape index (κ2) is 8.76. The SMILES string of the molecule is C=CCC=COC=CCC=C. The molecule has 0 aromatic carbocycles. The molecule has 0 amide bonds. The van der Waals surface area contributed by atoms with Crippen LogP contribution in [0, 0.1) is 0 Å². The Hall–Kier alpha value is -1.24. The zero-order valence-electron chi connectivity index (χ0n) is 6.70. The Morgan fingerprint density at radius 1 is 0.909 bits per heavy atom. The fraction of sp³-hybridized carbons (Fsp3) is 0.200. The third-order valence-electron chi connectivity index (χ3n) is 0.955. The first-order chi connectivity index (χ1) is 5.41. The summed E-state index contributed by atoms with van der Waals surface area (Å²) in [7, 11) is 0. The second-order valence-corrected chi connectivity index (χ2v) is 1.93. The standard InChI is InChI=1S/C10H14O/c1-3-5-7-9-11-10-8-6-4-2/h3-4,7-10H,1-2,5-6H2. The zero-order chi connectivity index (χ0) is 8.36. The quantitative estimate of drug-likeness (QED) is 0.417. The van der Waals surface area contributed by atoms with Crippen LogP contribution in [0.3, 0.4) is 0 Å². The highest BCUT2D eigenvalue weighted by atomic mass is 16.5. The van der Waals surface area contributed by atoms with Crippen molar-refractivity contribution >= 4 is 0 Å². The molecule has 0 aliphatic carbocycles. The van der Waals surface area contributed by atoms with Gasteiger partial charge in [-0.1, -0.05) is 12.2 Å². The minimum Gasteiger partial charge on any atom is -0.473 e. The normalized spacial score (nSPS) is 10.5. The molecule has 0 atom stereocenters. The van der Waals surface area contributed by atoms with Gasteiger partial charge in [-0.25, -0.2) is 0 Å². The van der Waals surface area contributed by atoms with Gasteiger partial charge in [0, 0.05) is 0 Å². The van der Waals surface area contributed by atoms with E-state index < -0.39 is 0 Å². The lowest BCUT2D eigenvalue weighted by Gasteiger charge is -1.86. The Labute approximate surface area is 68.4 Å². The molecule has 11 heavy (non-hydrogen) atoms. The van der Waals surface area contributed by atoms with Crippen LogP contribution in [0.4, 0.5) is 0 Å². The first-order valence-electron chi connectivity index (χ1n) is 3.59. The summed E-state index contributed by atoms with van der Waals surface area (Å²) in [6.45, 7) is 7.14. The summed E-state index contributed by atoms with van der Waals surface area (Å²) in [5.74, 6) is 0. The molecule has 0 heterocycles. The van der Waals surface area contributed by atoms with Crippen LogP contribution in [0.2, 0.25) is 0 Å². The van der Waals surface area contributed by atoms with E-state index in [1.165, 1.54) is 0 Å². The lowest BCUT2D eigenvalue weighted by atomic mass is 10.4. The van der Waals surface area contributed by atoms with Crippen molar-refractivity contribution in [3.05, 3.63) is 50.0 Å². The topological polar surface area (TPSA) is 9.23 Å². The van der Waals surface area contributed by atoms with E-state index in [0.717, 1.165) is 12.8 Å². The molecule has 60 valence electrons. The van der Waals surface area contributed by atoms with Crippen molar-refractivity contribution in [2.24, 2.45) is 0 Å². The molecule has 1 heteroatoms. The van der Waals surface area contributed by atoms with E-state index in [2.05, 4.69) is 13.2 Å². The highest BCUT2D eigenvalue weighted by Gasteiger charge is 1.69. The van der Waals surface area contributed by atoms with E-state index in [4.69, 9.17) is 4.74 Å². The van der Waals surface area contributed by atoms with Crippen molar-refractivity contribution in [2.75, 3.05) is 0 Å². The van der Waals surface area contributed by atoms with E-state index in [0.29, 0.717) is 0 Å². The molecule has 0 spiro atoms. The van der Waals surface area contributed by atoms with E-state index in [1.807, 2.05) is 24.3 Å². The van der Waals surface area contributed by atoms with Gasteiger partial charge >= 0.3 is 0 Å². The molecule has 1 nitrogen and oxygen atoms in total. The first kappa shape index (κ1) is 9.76. The molecule has 0 aromatic rings. The van der Waals surface area contributed by atoms with Crippen LogP contribution in [0.25, 0.3) is 0 Å². The fourth-order valence-corrected chi connectivity index (χ4v) is 0.460. The lowest BCUT2D eigenvalue weighted by molar-refractivity contribution is 0.400. The Kier molecular flexibility index (Phi) is 7.77. The molecule has 0 aliphatic heterocycles. The van der Waals surface area contributed by atoms with Gasteiger partial charge in [0.1, 0.15) is 0 Å². The number of ether oxygens (including phenoxy) is 1. The molecule has 0 bridgehead atoms. The minimum absolute atomic E-state index is 0.843. The fourth-order valence-electron chi connectivity index (χ4n) is 0.460. The zero-order valence-corrected chi connectivity index (χ0v) is 6.70. The third-order valence-corrected chi connectivity index (χ3v) is 0.955. The molecule has 0 aromatic heterocycles. The van der Waals surface area contributed by atoms with Crippen LogP contribution in [0.15, 0.2) is 50.0 Å². The van der Waals surface area contributed by atoms with Crippen molar-refractivity contribution in [1.82, 2.24) is 0 Å². The van der Waals surface area contributed by atoms with Crippen LogP contribution in [-0.4, -0.2) is 0 Å². The van der Waals surface area contributed by atoms with Gasteiger partial charge in [0.2, 0.25) is 0 Å². The summed E-state index contributed by atoms with van der Waals surface area (Å²) in [6.07, 6.45) is 12.4. The summed E-state index contributed by atoms with van der Waals surface area (Å²) in [5, 5.41) is 0. The number of rotatable bonds is 6. The maximum atomic E-state index is 4.98. The van der Waals surface area contributed by atoms with Crippen molar-refractivity contribution < 1.29 is 4.74 Å². The van der Waals surface area contributed by atoms with Gasteiger partial charge in [-0.15, -0.1) is 13.2 Å². The summed E-state index contributed by atoms with van der Waals surface area (Å²) < 4.78 is 4.98. The number of allylic oxidation sites excluding steroid dienone is 4. The van der Waals surface area contributed by atoms with Crippen molar-refractivity contribution in [3.63, 3.8) is 0 Å². The van der Waals surface area contributed by atoms with Gasteiger partial charge in [0.25, 0.3) is 0 Å². The first-order valence-corrected chi connectivity index (χ1v) is 3.59. The van der Waals surface area contributed by atoms with Gasteiger partial charge in [0.15, 0.2) is 0 Å². The van der Waals surface area contributed by atoms with E-state index in [9.17, 15) is 0 Å². The van der Waals surface area contributed by atoms with Gasteiger partial charge in [-0.3, -0.25) is 0 Å². The number of hydrogen-bond acceptors (Lipinski definition) is 1. The molecule has 0 aliphatic rings. The molecule has 0 unspecified atom stereocenters. The summed E-state index contributed by atoms with van der Waals surface area (Å²) in [5.41, 5.74) is 0. The average Bonchev–Trinajstić information content (AvgIpc) is 2.03. The van der Waals surface area contributed by atoms with Crippen LogP contribution in [-0.2, 0) is 4.74 Å². The maximum absolute atomic E-state index is 4.98. The van der Waals surface area contributed by atoms with Gasteiger partial charge in [0.05, 0.1) is 12.5 Å². The van der Waals surface area contributed by atoms with Crippen molar-refractivity contribution in [3.8, 4) is 0 Å². The molecular formula is C10H14O. The van der Waals surface area contributed by atoms with Gasteiger partial charge in [-0.05, 0) is 25.0 Å². The van der Waals surface area contributed by atoms with Crippen LogP contribution >= 0.6 is 0 Å². The van der Waals surface area contributed by atoms with Crippen LogP contribution < -0.4 is 0 Å². The monoisotopic (exact) mass is 150 g/mol. The van der Waals surface area contributed by atoms with Crippen LogP contribution in [0.5, 0.6) is 0 Å². The number of hydrogen-bond donors (Lipinski definition) is 0. The lowest BCUT2D eigenvalue weighted by Crippen LogP contribution is -1.65. The molecular weight excluding hydrogens is 136 g/mol. The maximum Gasteiger partial charge on any atom is 0.0864 e.